The second-order valence-electron chi connectivity index (χ2n) is 7.36. The first-order chi connectivity index (χ1) is 15.3. The highest BCUT2D eigenvalue weighted by Crippen LogP contribution is 2.34. The summed E-state index contributed by atoms with van der Waals surface area (Å²) in [6.07, 6.45) is -6.46. The van der Waals surface area contributed by atoms with Crippen LogP contribution in [0.25, 0.3) is 0 Å². The van der Waals surface area contributed by atoms with Gasteiger partial charge in [-0.25, -0.2) is 0 Å². The Labute approximate surface area is 181 Å². The molecule has 2 unspecified atom stereocenters. The van der Waals surface area contributed by atoms with Crippen molar-refractivity contribution in [3.63, 3.8) is 0 Å². The lowest BCUT2D eigenvalue weighted by Gasteiger charge is -2.25. The van der Waals surface area contributed by atoms with E-state index in [1.54, 1.807) is 12.1 Å². The molecule has 2 fully saturated rings. The van der Waals surface area contributed by atoms with Crippen molar-refractivity contribution in [2.24, 2.45) is 0 Å². The molecule has 0 amide bonds. The fourth-order valence-electron chi connectivity index (χ4n) is 3.56. The largest absolute Gasteiger partial charge is 0.387 e. The summed E-state index contributed by atoms with van der Waals surface area (Å²) >= 11 is 0. The standard InChI is InChI=1S/C20H20N2O10/c23-17(15-9-29-19(31-15)11-3-1-5-13(7-11)21(25)26)18(24)16-10-30-20(32-16)12-4-2-6-14(8-12)22(27)28/h1-8,15-20,23-24H,9-10H2/t15-,16+,17-,18-,19?,20?/m0/s1. The Morgan fingerprint density at radius 2 is 1.19 bits per heavy atom. The van der Waals surface area contributed by atoms with Gasteiger partial charge in [-0.2, -0.15) is 0 Å². The summed E-state index contributed by atoms with van der Waals surface area (Å²) in [5, 5.41) is 43.0. The maximum atomic E-state index is 10.9. The average Bonchev–Trinajstić information content (AvgIpc) is 3.48. The van der Waals surface area contributed by atoms with Crippen LogP contribution in [0, 0.1) is 20.2 Å². The SMILES string of the molecule is O=[N+]([O-])c1cccc(C2OC[C@@H]([C@H](O)[C@@H](O)[C@H]3COC(c4cccc([N+](=O)[O-])c4)O3)O2)c1. The van der Waals surface area contributed by atoms with Gasteiger partial charge in [0.2, 0.25) is 0 Å². The quantitative estimate of drug-likeness (QED) is 0.471. The van der Waals surface area contributed by atoms with E-state index >= 15 is 0 Å². The van der Waals surface area contributed by atoms with Crippen LogP contribution >= 0.6 is 0 Å². The maximum Gasteiger partial charge on any atom is 0.269 e. The van der Waals surface area contributed by atoms with E-state index in [1.807, 2.05) is 0 Å². The first-order valence-electron chi connectivity index (χ1n) is 9.72. The van der Waals surface area contributed by atoms with Crippen molar-refractivity contribution in [2.75, 3.05) is 13.2 Å². The molecule has 12 nitrogen and oxygen atoms in total. The van der Waals surface area contributed by atoms with E-state index in [0.717, 1.165) is 0 Å². The molecule has 2 aliphatic rings. The second-order valence-corrected chi connectivity index (χ2v) is 7.36. The third-order valence-electron chi connectivity index (χ3n) is 5.24. The summed E-state index contributed by atoms with van der Waals surface area (Å²) in [5.41, 5.74) is 0.578. The number of aliphatic hydroxyl groups excluding tert-OH is 2. The van der Waals surface area contributed by atoms with E-state index in [-0.39, 0.29) is 24.6 Å². The van der Waals surface area contributed by atoms with Gasteiger partial charge in [-0.15, -0.1) is 0 Å². The first-order valence-corrected chi connectivity index (χ1v) is 9.72. The van der Waals surface area contributed by atoms with Crippen molar-refractivity contribution < 1.29 is 39.0 Å². The van der Waals surface area contributed by atoms with Gasteiger partial charge in [0, 0.05) is 35.4 Å². The Hall–Kier alpha value is -3.00. The molecule has 6 atom stereocenters. The summed E-state index contributed by atoms with van der Waals surface area (Å²) < 4.78 is 22.3. The summed E-state index contributed by atoms with van der Waals surface area (Å²) in [4.78, 5) is 20.8. The molecule has 0 saturated carbocycles. The lowest BCUT2D eigenvalue weighted by molar-refractivity contribution is -0.385. The molecule has 170 valence electrons. The van der Waals surface area contributed by atoms with Gasteiger partial charge in [-0.1, -0.05) is 24.3 Å². The Kier molecular flexibility index (Phi) is 6.41. The van der Waals surface area contributed by atoms with E-state index in [4.69, 9.17) is 18.9 Å². The number of nitro groups is 2. The molecule has 0 aromatic heterocycles. The lowest BCUT2D eigenvalue weighted by Crippen LogP contribution is -2.46. The van der Waals surface area contributed by atoms with Crippen LogP contribution in [-0.4, -0.2) is 57.7 Å². The molecule has 0 spiro atoms. The van der Waals surface area contributed by atoms with Crippen LogP contribution in [0.15, 0.2) is 48.5 Å². The number of hydrogen-bond acceptors (Lipinski definition) is 10. The van der Waals surface area contributed by atoms with Crippen molar-refractivity contribution in [3.8, 4) is 0 Å². The van der Waals surface area contributed by atoms with Gasteiger partial charge in [0.05, 0.1) is 23.1 Å². The number of ether oxygens (including phenoxy) is 4. The normalized spacial score (nSPS) is 27.2. The maximum absolute atomic E-state index is 10.9. The highest BCUT2D eigenvalue weighted by molar-refractivity contribution is 5.35. The van der Waals surface area contributed by atoms with Gasteiger partial charge in [-0.05, 0) is 0 Å². The zero-order chi connectivity index (χ0) is 22.8. The minimum Gasteiger partial charge on any atom is -0.387 e. The molecular weight excluding hydrogens is 428 g/mol. The van der Waals surface area contributed by atoms with Crippen LogP contribution in [-0.2, 0) is 18.9 Å². The average molecular weight is 448 g/mol. The molecule has 0 aliphatic carbocycles. The number of aliphatic hydroxyl groups is 2. The third kappa shape index (κ3) is 4.60. The topological polar surface area (TPSA) is 164 Å². The number of rotatable bonds is 7. The highest BCUT2D eigenvalue weighted by atomic mass is 16.7. The van der Waals surface area contributed by atoms with Gasteiger partial charge in [-0.3, -0.25) is 20.2 Å². The minimum absolute atomic E-state index is 0.0481. The zero-order valence-electron chi connectivity index (χ0n) is 16.6. The predicted octanol–water partition coefficient (Wildman–Crippen LogP) is 1.75. The number of non-ortho nitro benzene ring substituents is 2. The molecule has 0 radical (unpaired) electrons. The van der Waals surface area contributed by atoms with Crippen LogP contribution in [0.5, 0.6) is 0 Å². The number of nitrogens with zero attached hydrogens (tertiary/aromatic N) is 2. The fraction of sp³-hybridized carbons (Fsp3) is 0.400. The van der Waals surface area contributed by atoms with Crippen molar-refractivity contribution in [1.82, 2.24) is 0 Å². The molecule has 2 aromatic carbocycles. The van der Waals surface area contributed by atoms with Crippen molar-refractivity contribution in [1.29, 1.82) is 0 Å². The Bertz CT molecular complexity index is 922. The predicted molar refractivity (Wildman–Crippen MR) is 105 cm³/mol. The molecule has 32 heavy (non-hydrogen) atoms. The van der Waals surface area contributed by atoms with E-state index in [0.29, 0.717) is 11.1 Å². The van der Waals surface area contributed by atoms with E-state index in [9.17, 15) is 30.4 Å². The number of hydrogen-bond donors (Lipinski definition) is 2. The van der Waals surface area contributed by atoms with E-state index < -0.39 is 46.8 Å². The monoisotopic (exact) mass is 448 g/mol. The van der Waals surface area contributed by atoms with Crippen LogP contribution < -0.4 is 0 Å². The van der Waals surface area contributed by atoms with Crippen LogP contribution in [0.3, 0.4) is 0 Å². The first kappa shape index (κ1) is 22.2. The van der Waals surface area contributed by atoms with Crippen LogP contribution in [0.4, 0.5) is 11.4 Å². The van der Waals surface area contributed by atoms with E-state index in [1.165, 1.54) is 36.4 Å². The Balaban J connectivity index is 1.37. The van der Waals surface area contributed by atoms with Gasteiger partial charge in [0.15, 0.2) is 12.6 Å². The second kappa shape index (κ2) is 9.24. The van der Waals surface area contributed by atoms with Crippen molar-refractivity contribution in [3.05, 3.63) is 79.9 Å². The number of benzene rings is 2. The lowest BCUT2D eigenvalue weighted by atomic mass is 10.0. The zero-order valence-corrected chi connectivity index (χ0v) is 16.6. The molecule has 4 rings (SSSR count). The van der Waals surface area contributed by atoms with Gasteiger partial charge in [0.25, 0.3) is 11.4 Å². The summed E-state index contributed by atoms with van der Waals surface area (Å²) in [6.45, 7) is -0.0963. The molecule has 2 aromatic rings. The third-order valence-corrected chi connectivity index (χ3v) is 5.24. The summed E-state index contributed by atoms with van der Waals surface area (Å²) in [6, 6.07) is 11.5. The van der Waals surface area contributed by atoms with Crippen LogP contribution in [0.1, 0.15) is 23.7 Å². The Morgan fingerprint density at radius 1 is 0.781 bits per heavy atom. The molecular formula is C20H20N2O10. The van der Waals surface area contributed by atoms with Crippen molar-refractivity contribution >= 4 is 11.4 Å². The fourth-order valence-corrected chi connectivity index (χ4v) is 3.56. The van der Waals surface area contributed by atoms with Gasteiger partial charge < -0.3 is 29.2 Å². The molecule has 12 heteroatoms. The van der Waals surface area contributed by atoms with Crippen LogP contribution in [0.2, 0.25) is 0 Å². The minimum atomic E-state index is -1.39. The molecule has 0 bridgehead atoms. The molecule has 2 N–H and O–H groups in total. The van der Waals surface area contributed by atoms with Gasteiger partial charge >= 0.3 is 0 Å². The summed E-state index contributed by atoms with van der Waals surface area (Å²) in [5.74, 6) is 0. The Morgan fingerprint density at radius 3 is 1.56 bits per heavy atom. The summed E-state index contributed by atoms with van der Waals surface area (Å²) in [7, 11) is 0. The highest BCUT2D eigenvalue weighted by Gasteiger charge is 2.42. The number of nitro benzene ring substituents is 2. The smallest absolute Gasteiger partial charge is 0.269 e. The van der Waals surface area contributed by atoms with E-state index in [2.05, 4.69) is 0 Å². The molecule has 2 heterocycles. The van der Waals surface area contributed by atoms with Crippen molar-refractivity contribution in [2.45, 2.75) is 37.0 Å². The molecule has 2 saturated heterocycles. The van der Waals surface area contributed by atoms with Gasteiger partial charge in [0.1, 0.15) is 24.4 Å². The molecule has 2 aliphatic heterocycles.